The first-order valence-corrected chi connectivity index (χ1v) is 6.36. The largest absolute Gasteiger partial charge is 0.461 e. The van der Waals surface area contributed by atoms with Crippen LogP contribution in [0.25, 0.3) is 0 Å². The first-order chi connectivity index (χ1) is 9.05. The van der Waals surface area contributed by atoms with Crippen LogP contribution in [-0.2, 0) is 0 Å². The van der Waals surface area contributed by atoms with E-state index in [-0.39, 0.29) is 24.2 Å². The molecule has 0 saturated heterocycles. The van der Waals surface area contributed by atoms with E-state index in [0.29, 0.717) is 18.9 Å². The third-order valence-electron chi connectivity index (χ3n) is 2.32. The van der Waals surface area contributed by atoms with Gasteiger partial charge in [0.25, 0.3) is 0 Å². The van der Waals surface area contributed by atoms with Crippen LogP contribution >= 0.6 is 0 Å². The van der Waals surface area contributed by atoms with Crippen LogP contribution in [0.1, 0.15) is 33.6 Å². The second kappa shape index (κ2) is 7.70. The summed E-state index contributed by atoms with van der Waals surface area (Å²) in [7, 11) is 0. The number of rotatable bonds is 8. The molecule has 1 aromatic heterocycles. The van der Waals surface area contributed by atoms with E-state index in [1.807, 2.05) is 20.8 Å². The molecule has 0 aliphatic carbocycles. The Bertz CT molecular complexity index is 387. The first-order valence-electron chi connectivity index (χ1n) is 6.36. The molecule has 1 rings (SSSR count). The minimum absolute atomic E-state index is 0.0391. The Morgan fingerprint density at radius 1 is 1.26 bits per heavy atom. The number of hydrogen-bond donors (Lipinski definition) is 4. The highest BCUT2D eigenvalue weighted by atomic mass is 16.5. The molecule has 0 aliphatic rings. The van der Waals surface area contributed by atoms with Crippen LogP contribution in [-0.4, -0.2) is 38.8 Å². The molecular weight excluding hydrogens is 248 g/mol. The maximum Gasteiger partial charge on any atom is 0.323 e. The fraction of sp³-hybridized carbons (Fsp3) is 0.727. The number of nitrogen functional groups attached to an aromatic ring is 1. The average Bonchev–Trinajstić information content (AvgIpc) is 2.37. The smallest absolute Gasteiger partial charge is 0.323 e. The third-order valence-corrected chi connectivity index (χ3v) is 2.32. The van der Waals surface area contributed by atoms with Crippen LogP contribution in [0.2, 0.25) is 0 Å². The standard InChI is InChI=1S/C11H22N6O2/c1-4-8(18)5-6-13-9-14-10(17-12)16-11(15-9)19-7(2)3/h7-8,18H,4-6,12H2,1-3H3,(H2,13,14,15,16,17). The molecule has 1 heterocycles. The van der Waals surface area contributed by atoms with E-state index in [1.54, 1.807) is 0 Å². The topological polar surface area (TPSA) is 118 Å². The Kier molecular flexibility index (Phi) is 6.23. The number of anilines is 2. The molecule has 0 spiro atoms. The van der Waals surface area contributed by atoms with E-state index in [4.69, 9.17) is 10.6 Å². The van der Waals surface area contributed by atoms with Crippen molar-refractivity contribution < 1.29 is 9.84 Å². The van der Waals surface area contributed by atoms with Gasteiger partial charge in [0.2, 0.25) is 11.9 Å². The average molecular weight is 270 g/mol. The van der Waals surface area contributed by atoms with Crippen molar-refractivity contribution in [2.45, 2.75) is 45.8 Å². The number of nitrogens with two attached hydrogens (primary N) is 1. The Hall–Kier alpha value is -1.67. The summed E-state index contributed by atoms with van der Waals surface area (Å²) in [5, 5.41) is 12.5. The highest BCUT2D eigenvalue weighted by Crippen LogP contribution is 2.12. The van der Waals surface area contributed by atoms with Crippen molar-refractivity contribution in [1.29, 1.82) is 0 Å². The summed E-state index contributed by atoms with van der Waals surface area (Å²) in [5.74, 6) is 5.88. The molecule has 0 saturated carbocycles. The zero-order chi connectivity index (χ0) is 14.3. The van der Waals surface area contributed by atoms with Crippen molar-refractivity contribution in [3.8, 4) is 6.01 Å². The van der Waals surface area contributed by atoms with Gasteiger partial charge in [-0.25, -0.2) is 5.84 Å². The molecule has 0 aliphatic heterocycles. The van der Waals surface area contributed by atoms with E-state index in [1.165, 1.54) is 0 Å². The predicted octanol–water partition coefficient (Wildman–Crippen LogP) is 0.517. The minimum Gasteiger partial charge on any atom is -0.461 e. The predicted molar refractivity (Wildman–Crippen MR) is 72.8 cm³/mol. The normalized spacial score (nSPS) is 12.3. The van der Waals surface area contributed by atoms with Gasteiger partial charge in [0.1, 0.15) is 0 Å². The van der Waals surface area contributed by atoms with Crippen molar-refractivity contribution in [3.05, 3.63) is 0 Å². The first kappa shape index (κ1) is 15.4. The Morgan fingerprint density at radius 3 is 2.53 bits per heavy atom. The van der Waals surface area contributed by atoms with Crippen LogP contribution in [0.15, 0.2) is 0 Å². The summed E-state index contributed by atoms with van der Waals surface area (Å²) in [6.07, 6.45) is 0.972. The maximum absolute atomic E-state index is 9.46. The SMILES string of the molecule is CCC(O)CCNc1nc(NN)nc(OC(C)C)n1. The summed E-state index contributed by atoms with van der Waals surface area (Å²) in [6.45, 7) is 6.25. The molecule has 0 fully saturated rings. The molecular formula is C11H22N6O2. The van der Waals surface area contributed by atoms with E-state index < -0.39 is 0 Å². The van der Waals surface area contributed by atoms with Gasteiger partial charge in [0.05, 0.1) is 12.2 Å². The van der Waals surface area contributed by atoms with Gasteiger partial charge in [-0.3, -0.25) is 5.43 Å². The molecule has 0 amide bonds. The van der Waals surface area contributed by atoms with Crippen LogP contribution in [0, 0.1) is 0 Å². The molecule has 0 radical (unpaired) electrons. The van der Waals surface area contributed by atoms with Gasteiger partial charge in [0, 0.05) is 6.54 Å². The van der Waals surface area contributed by atoms with Crippen molar-refractivity contribution in [1.82, 2.24) is 15.0 Å². The minimum atomic E-state index is -0.326. The molecule has 0 bridgehead atoms. The Labute approximate surface area is 112 Å². The van der Waals surface area contributed by atoms with Crippen molar-refractivity contribution in [2.75, 3.05) is 17.3 Å². The number of nitrogens with one attached hydrogen (secondary N) is 2. The molecule has 8 nitrogen and oxygen atoms in total. The quantitative estimate of drug-likeness (QED) is 0.399. The van der Waals surface area contributed by atoms with E-state index in [0.717, 1.165) is 6.42 Å². The van der Waals surface area contributed by atoms with Gasteiger partial charge >= 0.3 is 6.01 Å². The summed E-state index contributed by atoms with van der Waals surface area (Å²) >= 11 is 0. The summed E-state index contributed by atoms with van der Waals surface area (Å²) in [5.41, 5.74) is 2.36. The number of nitrogens with zero attached hydrogens (tertiary/aromatic N) is 3. The number of aromatic nitrogens is 3. The lowest BCUT2D eigenvalue weighted by atomic mass is 10.2. The molecule has 8 heteroatoms. The van der Waals surface area contributed by atoms with Crippen LogP contribution < -0.4 is 21.3 Å². The summed E-state index contributed by atoms with van der Waals surface area (Å²) in [6, 6.07) is 0.205. The van der Waals surface area contributed by atoms with E-state index >= 15 is 0 Å². The zero-order valence-corrected chi connectivity index (χ0v) is 11.6. The Morgan fingerprint density at radius 2 is 1.95 bits per heavy atom. The highest BCUT2D eigenvalue weighted by molar-refractivity contribution is 5.34. The molecule has 5 N–H and O–H groups in total. The fourth-order valence-corrected chi connectivity index (χ4v) is 1.32. The number of hydrazine groups is 1. The fourth-order valence-electron chi connectivity index (χ4n) is 1.32. The van der Waals surface area contributed by atoms with Gasteiger partial charge in [-0.2, -0.15) is 15.0 Å². The lowest BCUT2D eigenvalue weighted by Crippen LogP contribution is -2.18. The van der Waals surface area contributed by atoms with E-state index in [2.05, 4.69) is 25.7 Å². The summed E-state index contributed by atoms with van der Waals surface area (Å²) < 4.78 is 5.40. The molecule has 1 unspecified atom stereocenters. The lowest BCUT2D eigenvalue weighted by Gasteiger charge is -2.12. The van der Waals surface area contributed by atoms with Gasteiger partial charge in [-0.15, -0.1) is 0 Å². The Balaban J connectivity index is 2.65. The van der Waals surface area contributed by atoms with Crippen molar-refractivity contribution in [3.63, 3.8) is 0 Å². The van der Waals surface area contributed by atoms with Gasteiger partial charge in [-0.1, -0.05) is 6.92 Å². The zero-order valence-electron chi connectivity index (χ0n) is 11.6. The second-order valence-corrected chi connectivity index (χ2v) is 4.35. The van der Waals surface area contributed by atoms with Crippen LogP contribution in [0.5, 0.6) is 6.01 Å². The monoisotopic (exact) mass is 270 g/mol. The highest BCUT2D eigenvalue weighted by Gasteiger charge is 2.08. The van der Waals surface area contributed by atoms with Gasteiger partial charge < -0.3 is 15.2 Å². The van der Waals surface area contributed by atoms with E-state index in [9.17, 15) is 5.11 Å². The van der Waals surface area contributed by atoms with Gasteiger partial charge in [0.15, 0.2) is 0 Å². The van der Waals surface area contributed by atoms with Crippen molar-refractivity contribution >= 4 is 11.9 Å². The number of aliphatic hydroxyl groups is 1. The molecule has 19 heavy (non-hydrogen) atoms. The van der Waals surface area contributed by atoms with Crippen LogP contribution in [0.4, 0.5) is 11.9 Å². The van der Waals surface area contributed by atoms with Crippen LogP contribution in [0.3, 0.4) is 0 Å². The lowest BCUT2D eigenvalue weighted by molar-refractivity contribution is 0.164. The number of aliphatic hydroxyl groups excluding tert-OH is 1. The van der Waals surface area contributed by atoms with Gasteiger partial charge in [-0.05, 0) is 26.7 Å². The maximum atomic E-state index is 9.46. The third kappa shape index (κ3) is 5.66. The molecule has 108 valence electrons. The number of ether oxygens (including phenoxy) is 1. The number of hydrogen-bond acceptors (Lipinski definition) is 8. The summed E-state index contributed by atoms with van der Waals surface area (Å²) in [4.78, 5) is 12.1. The molecule has 0 aromatic carbocycles. The van der Waals surface area contributed by atoms with Crippen molar-refractivity contribution in [2.24, 2.45) is 5.84 Å². The molecule has 1 atom stereocenters. The molecule has 1 aromatic rings. The second-order valence-electron chi connectivity index (χ2n) is 4.35.